The Balaban J connectivity index is 1.28. The van der Waals surface area contributed by atoms with Gasteiger partial charge in [-0.1, -0.05) is 37.6 Å². The Morgan fingerprint density at radius 3 is 2.34 bits per heavy atom. The first-order chi connectivity index (χ1) is 15.4. The van der Waals surface area contributed by atoms with E-state index in [1.54, 1.807) is 6.07 Å². The van der Waals surface area contributed by atoms with Crippen LogP contribution in [0.25, 0.3) is 0 Å². The van der Waals surface area contributed by atoms with Crippen LogP contribution in [0.3, 0.4) is 0 Å². The number of nitrogens with one attached hydrogen (secondary N) is 1. The van der Waals surface area contributed by atoms with E-state index in [-0.39, 0.29) is 23.8 Å². The highest BCUT2D eigenvalue weighted by molar-refractivity contribution is 6.29. The summed E-state index contributed by atoms with van der Waals surface area (Å²) < 4.78 is 0. The molecule has 32 heavy (non-hydrogen) atoms. The Morgan fingerprint density at radius 2 is 1.72 bits per heavy atom. The lowest BCUT2D eigenvalue weighted by Crippen LogP contribution is -2.40. The highest BCUT2D eigenvalue weighted by atomic mass is 35.5. The molecule has 0 unspecified atom stereocenters. The molecule has 1 aromatic carbocycles. The summed E-state index contributed by atoms with van der Waals surface area (Å²) in [5.74, 6) is 1.45. The highest BCUT2D eigenvalue weighted by Gasteiger charge is 2.27. The molecule has 0 saturated carbocycles. The van der Waals surface area contributed by atoms with Crippen molar-refractivity contribution in [1.82, 2.24) is 20.4 Å². The monoisotopic (exact) mass is 455 g/mol. The SMILES string of the molecule is CC(C)C(=O)N1CCC(c2ccc(C(=O)N[C@H]3CCN(c4ccc(Cl)nn4)C3)cc2)CC1. The number of carbonyl (C=O) groups excluding carboxylic acids is 2. The molecule has 3 heterocycles. The first-order valence-electron chi connectivity index (χ1n) is 11.3. The summed E-state index contributed by atoms with van der Waals surface area (Å²) in [5, 5.41) is 11.5. The van der Waals surface area contributed by atoms with Crippen LogP contribution in [0.2, 0.25) is 5.15 Å². The molecule has 1 atom stereocenters. The van der Waals surface area contributed by atoms with Crippen LogP contribution >= 0.6 is 11.6 Å². The van der Waals surface area contributed by atoms with Gasteiger partial charge in [-0.15, -0.1) is 10.2 Å². The van der Waals surface area contributed by atoms with Gasteiger partial charge in [0.1, 0.15) is 0 Å². The minimum absolute atomic E-state index is 0.0513. The third-order valence-corrected chi connectivity index (χ3v) is 6.61. The maximum absolute atomic E-state index is 12.7. The molecule has 0 aliphatic carbocycles. The summed E-state index contributed by atoms with van der Waals surface area (Å²) >= 11 is 5.81. The molecule has 2 aliphatic heterocycles. The van der Waals surface area contributed by atoms with Crippen molar-refractivity contribution in [1.29, 1.82) is 0 Å². The molecule has 8 heteroatoms. The standard InChI is InChI=1S/C24H30ClN5O2/c1-16(2)24(32)29-12-9-18(10-13-29)17-3-5-19(6-4-17)23(31)26-20-11-14-30(15-20)22-8-7-21(25)27-28-22/h3-8,16,18,20H,9-15H2,1-2H3,(H,26,31)/t20-/m0/s1. The van der Waals surface area contributed by atoms with E-state index in [1.807, 2.05) is 36.9 Å². The van der Waals surface area contributed by atoms with Gasteiger partial charge in [0, 0.05) is 43.7 Å². The quantitative estimate of drug-likeness (QED) is 0.746. The molecule has 1 N–H and O–H groups in total. The molecule has 2 aromatic rings. The van der Waals surface area contributed by atoms with Crippen molar-refractivity contribution in [3.8, 4) is 0 Å². The maximum atomic E-state index is 12.7. The van der Waals surface area contributed by atoms with Gasteiger partial charge in [0.25, 0.3) is 5.91 Å². The van der Waals surface area contributed by atoms with Crippen molar-refractivity contribution >= 4 is 29.2 Å². The van der Waals surface area contributed by atoms with Gasteiger partial charge in [0.2, 0.25) is 5.91 Å². The number of amides is 2. The number of carbonyl (C=O) groups is 2. The molecular formula is C24H30ClN5O2. The minimum atomic E-state index is -0.0528. The molecule has 0 spiro atoms. The normalized spacial score (nSPS) is 19.4. The molecule has 2 aliphatic rings. The average Bonchev–Trinajstić information content (AvgIpc) is 3.27. The van der Waals surface area contributed by atoms with Gasteiger partial charge in [0.05, 0.1) is 0 Å². The van der Waals surface area contributed by atoms with Crippen LogP contribution in [0.15, 0.2) is 36.4 Å². The lowest BCUT2D eigenvalue weighted by molar-refractivity contribution is -0.135. The fourth-order valence-electron chi connectivity index (χ4n) is 4.54. The van der Waals surface area contributed by atoms with E-state index in [9.17, 15) is 9.59 Å². The molecule has 0 bridgehead atoms. The fourth-order valence-corrected chi connectivity index (χ4v) is 4.64. The predicted octanol–water partition coefficient (Wildman–Crippen LogP) is 3.50. The zero-order valence-electron chi connectivity index (χ0n) is 18.6. The molecule has 7 nitrogen and oxygen atoms in total. The Morgan fingerprint density at radius 1 is 1.00 bits per heavy atom. The number of nitrogens with zero attached hydrogens (tertiary/aromatic N) is 4. The summed E-state index contributed by atoms with van der Waals surface area (Å²) in [4.78, 5) is 29.0. The second-order valence-corrected chi connectivity index (χ2v) is 9.38. The Labute approximate surface area is 194 Å². The van der Waals surface area contributed by atoms with Crippen molar-refractivity contribution in [2.75, 3.05) is 31.1 Å². The van der Waals surface area contributed by atoms with E-state index in [2.05, 4.69) is 32.5 Å². The zero-order valence-corrected chi connectivity index (χ0v) is 19.4. The molecule has 4 rings (SSSR count). The Kier molecular flexibility index (Phi) is 6.94. The third-order valence-electron chi connectivity index (χ3n) is 6.41. The van der Waals surface area contributed by atoms with Gasteiger partial charge < -0.3 is 15.1 Å². The number of anilines is 1. The van der Waals surface area contributed by atoms with Gasteiger partial charge in [-0.2, -0.15) is 0 Å². The minimum Gasteiger partial charge on any atom is -0.353 e. The summed E-state index contributed by atoms with van der Waals surface area (Å²) in [7, 11) is 0. The fraction of sp³-hybridized carbons (Fsp3) is 0.500. The van der Waals surface area contributed by atoms with Crippen LogP contribution in [0.4, 0.5) is 5.82 Å². The number of aromatic nitrogens is 2. The van der Waals surface area contributed by atoms with Crippen LogP contribution in [-0.4, -0.2) is 59.1 Å². The van der Waals surface area contributed by atoms with Crippen LogP contribution < -0.4 is 10.2 Å². The van der Waals surface area contributed by atoms with E-state index < -0.39 is 0 Å². The number of hydrogen-bond acceptors (Lipinski definition) is 5. The van der Waals surface area contributed by atoms with E-state index >= 15 is 0 Å². The first-order valence-corrected chi connectivity index (χ1v) is 11.7. The van der Waals surface area contributed by atoms with Crippen molar-refractivity contribution < 1.29 is 9.59 Å². The Hall–Kier alpha value is -2.67. The van der Waals surface area contributed by atoms with Gasteiger partial charge in [-0.05, 0) is 55.0 Å². The number of hydrogen-bond donors (Lipinski definition) is 1. The molecule has 2 amide bonds. The smallest absolute Gasteiger partial charge is 0.251 e. The molecule has 1 aromatic heterocycles. The number of likely N-dealkylation sites (tertiary alicyclic amines) is 1. The van der Waals surface area contributed by atoms with Crippen LogP contribution in [0.5, 0.6) is 0 Å². The van der Waals surface area contributed by atoms with Crippen molar-refractivity contribution in [2.45, 2.75) is 45.1 Å². The predicted molar refractivity (Wildman–Crippen MR) is 125 cm³/mol. The second-order valence-electron chi connectivity index (χ2n) is 9.00. The molecule has 2 fully saturated rings. The van der Waals surface area contributed by atoms with E-state index in [1.165, 1.54) is 5.56 Å². The maximum Gasteiger partial charge on any atom is 0.251 e. The van der Waals surface area contributed by atoms with Gasteiger partial charge in [0.15, 0.2) is 11.0 Å². The van der Waals surface area contributed by atoms with E-state index in [4.69, 9.17) is 11.6 Å². The topological polar surface area (TPSA) is 78.4 Å². The number of piperidine rings is 1. The molecule has 2 saturated heterocycles. The summed E-state index contributed by atoms with van der Waals surface area (Å²) in [5.41, 5.74) is 1.91. The summed E-state index contributed by atoms with van der Waals surface area (Å²) in [6.45, 7) is 7.03. The van der Waals surface area contributed by atoms with Gasteiger partial charge in [-0.3, -0.25) is 9.59 Å². The zero-order chi connectivity index (χ0) is 22.7. The third kappa shape index (κ3) is 5.21. The van der Waals surface area contributed by atoms with Crippen molar-refractivity contribution in [3.63, 3.8) is 0 Å². The average molecular weight is 456 g/mol. The number of benzene rings is 1. The molecular weight excluding hydrogens is 426 g/mol. The van der Waals surface area contributed by atoms with E-state index in [0.717, 1.165) is 44.7 Å². The van der Waals surface area contributed by atoms with Gasteiger partial charge >= 0.3 is 0 Å². The number of halogens is 1. The van der Waals surface area contributed by atoms with Gasteiger partial charge in [-0.25, -0.2) is 0 Å². The van der Waals surface area contributed by atoms with Crippen LogP contribution in [-0.2, 0) is 4.79 Å². The van der Waals surface area contributed by atoms with Crippen LogP contribution in [0.1, 0.15) is 54.9 Å². The Bertz CT molecular complexity index is 940. The highest BCUT2D eigenvalue weighted by Crippen LogP contribution is 2.29. The second kappa shape index (κ2) is 9.86. The largest absolute Gasteiger partial charge is 0.353 e. The lowest BCUT2D eigenvalue weighted by atomic mass is 9.88. The summed E-state index contributed by atoms with van der Waals surface area (Å²) in [6, 6.07) is 11.6. The summed E-state index contributed by atoms with van der Waals surface area (Å²) in [6.07, 6.45) is 2.80. The number of rotatable bonds is 5. The van der Waals surface area contributed by atoms with Crippen molar-refractivity contribution in [2.24, 2.45) is 5.92 Å². The van der Waals surface area contributed by atoms with Crippen LogP contribution in [0, 0.1) is 5.92 Å². The van der Waals surface area contributed by atoms with Crippen molar-refractivity contribution in [3.05, 3.63) is 52.7 Å². The molecule has 0 radical (unpaired) electrons. The molecule has 170 valence electrons. The first kappa shape index (κ1) is 22.5. The lowest BCUT2D eigenvalue weighted by Gasteiger charge is -2.33. The van der Waals surface area contributed by atoms with E-state index in [0.29, 0.717) is 23.2 Å².